The minimum Gasteiger partial charge on any atom is -0.317 e. The van der Waals surface area contributed by atoms with Gasteiger partial charge < -0.3 is 5.32 Å². The zero-order valence-corrected chi connectivity index (χ0v) is 12.6. The predicted molar refractivity (Wildman–Crippen MR) is 83.5 cm³/mol. The largest absolute Gasteiger partial charge is 0.317 e. The van der Waals surface area contributed by atoms with Crippen molar-refractivity contribution >= 4 is 0 Å². The molecule has 1 saturated carbocycles. The molecule has 2 rings (SSSR count). The third-order valence-corrected chi connectivity index (χ3v) is 4.57. The third-order valence-electron chi connectivity index (χ3n) is 4.57. The summed E-state index contributed by atoms with van der Waals surface area (Å²) in [5, 5.41) is 3.55. The molecule has 106 valence electrons. The number of rotatable bonds is 9. The molecule has 1 heteroatoms. The number of nitrogens with one attached hydrogen (secondary N) is 1. The van der Waals surface area contributed by atoms with Crippen LogP contribution in [0.1, 0.15) is 63.4 Å². The van der Waals surface area contributed by atoms with Gasteiger partial charge >= 0.3 is 0 Å². The van der Waals surface area contributed by atoms with Crippen molar-refractivity contribution in [3.8, 4) is 0 Å². The summed E-state index contributed by atoms with van der Waals surface area (Å²) < 4.78 is 0. The molecular formula is C18H29N. The summed E-state index contributed by atoms with van der Waals surface area (Å²) in [4.78, 5) is 0. The fourth-order valence-electron chi connectivity index (χ4n) is 3.28. The summed E-state index contributed by atoms with van der Waals surface area (Å²) in [7, 11) is 2.14. The van der Waals surface area contributed by atoms with E-state index in [0.717, 1.165) is 17.9 Å². The van der Waals surface area contributed by atoms with Crippen molar-refractivity contribution in [1.82, 2.24) is 5.32 Å². The van der Waals surface area contributed by atoms with Gasteiger partial charge in [0, 0.05) is 6.04 Å². The quantitative estimate of drug-likeness (QED) is 0.632. The highest BCUT2D eigenvalue weighted by Gasteiger charge is 2.42. The van der Waals surface area contributed by atoms with Gasteiger partial charge in [0.15, 0.2) is 0 Å². The molecule has 0 saturated heterocycles. The SMILES string of the molecule is CCCCCCCC(NC)C1CC1c1ccccc1. The van der Waals surface area contributed by atoms with Crippen molar-refractivity contribution in [3.63, 3.8) is 0 Å². The first-order valence-corrected chi connectivity index (χ1v) is 8.09. The zero-order chi connectivity index (χ0) is 13.5. The molecule has 1 nitrogen and oxygen atoms in total. The van der Waals surface area contributed by atoms with E-state index in [0.29, 0.717) is 0 Å². The number of hydrogen-bond donors (Lipinski definition) is 1. The van der Waals surface area contributed by atoms with Gasteiger partial charge in [-0.3, -0.25) is 0 Å². The van der Waals surface area contributed by atoms with E-state index in [2.05, 4.69) is 49.6 Å². The van der Waals surface area contributed by atoms with Crippen LogP contribution in [0.15, 0.2) is 30.3 Å². The molecule has 19 heavy (non-hydrogen) atoms. The number of unbranched alkanes of at least 4 members (excludes halogenated alkanes) is 4. The maximum atomic E-state index is 3.55. The Morgan fingerprint density at radius 3 is 2.53 bits per heavy atom. The Bertz CT molecular complexity index is 346. The zero-order valence-electron chi connectivity index (χ0n) is 12.6. The summed E-state index contributed by atoms with van der Waals surface area (Å²) in [6, 6.07) is 11.8. The maximum Gasteiger partial charge on any atom is 0.00983 e. The summed E-state index contributed by atoms with van der Waals surface area (Å²) in [6.45, 7) is 2.28. The summed E-state index contributed by atoms with van der Waals surface area (Å²) in [5.41, 5.74) is 1.54. The normalized spacial score (nSPS) is 23.3. The van der Waals surface area contributed by atoms with Crippen molar-refractivity contribution in [2.24, 2.45) is 5.92 Å². The Morgan fingerprint density at radius 1 is 1.11 bits per heavy atom. The third kappa shape index (κ3) is 4.35. The Balaban J connectivity index is 1.72. The number of hydrogen-bond acceptors (Lipinski definition) is 1. The Hall–Kier alpha value is -0.820. The van der Waals surface area contributed by atoms with Crippen molar-refractivity contribution in [2.75, 3.05) is 7.05 Å². The molecule has 1 fully saturated rings. The lowest BCUT2D eigenvalue weighted by atomic mass is 10.00. The lowest BCUT2D eigenvalue weighted by Crippen LogP contribution is -2.27. The fraction of sp³-hybridized carbons (Fsp3) is 0.667. The average Bonchev–Trinajstić information content (AvgIpc) is 3.24. The Labute approximate surface area is 118 Å². The van der Waals surface area contributed by atoms with E-state index in [4.69, 9.17) is 0 Å². The van der Waals surface area contributed by atoms with E-state index in [1.807, 2.05) is 0 Å². The molecule has 0 radical (unpaired) electrons. The first-order chi connectivity index (χ1) is 9.36. The molecule has 0 aliphatic heterocycles. The van der Waals surface area contributed by atoms with Crippen LogP contribution in [-0.4, -0.2) is 13.1 Å². The van der Waals surface area contributed by atoms with Crippen molar-refractivity contribution in [2.45, 2.75) is 63.8 Å². The predicted octanol–water partition coefficient (Wildman–Crippen LogP) is 4.74. The van der Waals surface area contributed by atoms with E-state index in [-0.39, 0.29) is 0 Å². The average molecular weight is 259 g/mol. The summed E-state index contributed by atoms with van der Waals surface area (Å²) >= 11 is 0. The summed E-state index contributed by atoms with van der Waals surface area (Å²) in [5.74, 6) is 1.69. The molecule has 0 bridgehead atoms. The van der Waals surface area contributed by atoms with Crippen molar-refractivity contribution in [3.05, 3.63) is 35.9 Å². The topological polar surface area (TPSA) is 12.0 Å². The Morgan fingerprint density at radius 2 is 1.84 bits per heavy atom. The van der Waals surface area contributed by atoms with Crippen LogP contribution < -0.4 is 5.32 Å². The number of benzene rings is 1. The van der Waals surface area contributed by atoms with Crippen LogP contribution in [0, 0.1) is 5.92 Å². The minimum absolute atomic E-state index is 0.729. The van der Waals surface area contributed by atoms with Gasteiger partial charge in [0.05, 0.1) is 0 Å². The van der Waals surface area contributed by atoms with Crippen LogP contribution in [0.4, 0.5) is 0 Å². The van der Waals surface area contributed by atoms with Crippen LogP contribution in [0.2, 0.25) is 0 Å². The monoisotopic (exact) mass is 259 g/mol. The molecule has 3 atom stereocenters. The van der Waals surface area contributed by atoms with Gasteiger partial charge in [0.25, 0.3) is 0 Å². The lowest BCUT2D eigenvalue weighted by molar-refractivity contribution is 0.437. The van der Waals surface area contributed by atoms with E-state index >= 15 is 0 Å². The van der Waals surface area contributed by atoms with E-state index in [9.17, 15) is 0 Å². The van der Waals surface area contributed by atoms with Gasteiger partial charge in [-0.2, -0.15) is 0 Å². The molecule has 0 aromatic heterocycles. The van der Waals surface area contributed by atoms with Gasteiger partial charge in [-0.1, -0.05) is 69.4 Å². The molecular weight excluding hydrogens is 230 g/mol. The van der Waals surface area contributed by atoms with Gasteiger partial charge in [-0.25, -0.2) is 0 Å². The smallest absolute Gasteiger partial charge is 0.00983 e. The summed E-state index contributed by atoms with van der Waals surface area (Å²) in [6.07, 6.45) is 9.70. The van der Waals surface area contributed by atoms with Crippen molar-refractivity contribution < 1.29 is 0 Å². The molecule has 0 heterocycles. The highest BCUT2D eigenvalue weighted by atomic mass is 14.9. The molecule has 1 aliphatic carbocycles. The molecule has 0 amide bonds. The van der Waals surface area contributed by atoms with E-state index < -0.39 is 0 Å². The van der Waals surface area contributed by atoms with Gasteiger partial charge in [-0.15, -0.1) is 0 Å². The Kier molecular flexibility index (Phi) is 5.91. The lowest BCUT2D eigenvalue weighted by Gasteiger charge is -2.16. The van der Waals surface area contributed by atoms with Crippen LogP contribution in [-0.2, 0) is 0 Å². The standard InChI is InChI=1S/C18H29N/c1-3-4-5-6-10-13-18(19-2)17-14-16(17)15-11-8-7-9-12-15/h7-9,11-12,16-19H,3-6,10,13-14H2,1-2H3. The molecule has 3 unspecified atom stereocenters. The molecule has 0 spiro atoms. The van der Waals surface area contributed by atoms with Crippen LogP contribution >= 0.6 is 0 Å². The maximum absolute atomic E-state index is 3.55. The second-order valence-corrected chi connectivity index (χ2v) is 6.01. The molecule has 1 N–H and O–H groups in total. The van der Waals surface area contributed by atoms with Crippen LogP contribution in [0.3, 0.4) is 0 Å². The van der Waals surface area contributed by atoms with E-state index in [1.54, 1.807) is 5.56 Å². The second-order valence-electron chi connectivity index (χ2n) is 6.01. The fourth-order valence-corrected chi connectivity index (χ4v) is 3.28. The molecule has 1 aliphatic rings. The van der Waals surface area contributed by atoms with Gasteiger partial charge in [0.1, 0.15) is 0 Å². The van der Waals surface area contributed by atoms with E-state index in [1.165, 1.54) is 44.9 Å². The minimum atomic E-state index is 0.729. The second kappa shape index (κ2) is 7.69. The van der Waals surface area contributed by atoms with Crippen LogP contribution in [0.5, 0.6) is 0 Å². The molecule has 1 aromatic rings. The first-order valence-electron chi connectivity index (χ1n) is 8.09. The highest BCUT2D eigenvalue weighted by Crippen LogP contribution is 2.50. The van der Waals surface area contributed by atoms with Crippen molar-refractivity contribution in [1.29, 1.82) is 0 Å². The van der Waals surface area contributed by atoms with Gasteiger partial charge in [0.2, 0.25) is 0 Å². The highest BCUT2D eigenvalue weighted by molar-refractivity contribution is 5.26. The molecule has 1 aromatic carbocycles. The van der Waals surface area contributed by atoms with Crippen LogP contribution in [0.25, 0.3) is 0 Å². The van der Waals surface area contributed by atoms with Gasteiger partial charge in [-0.05, 0) is 37.3 Å². The first kappa shape index (κ1) is 14.6.